The van der Waals surface area contributed by atoms with Crippen molar-refractivity contribution in [1.82, 2.24) is 4.98 Å². The molecule has 2 aromatic rings. The second kappa shape index (κ2) is 4.03. The van der Waals surface area contributed by atoms with E-state index >= 15 is 0 Å². The quantitative estimate of drug-likeness (QED) is 0.875. The molecule has 1 aromatic heterocycles. The van der Waals surface area contributed by atoms with E-state index in [1.165, 1.54) is 6.07 Å². The molecular weight excluding hydrogens is 234 g/mol. The number of carbonyl (C=O) groups is 1. The number of carboxylic acids is 1. The number of carboxylic acid groups (broad SMARTS) is 1. The van der Waals surface area contributed by atoms with Gasteiger partial charge < -0.3 is 14.6 Å². The first-order valence-electron chi connectivity index (χ1n) is 5.34. The first-order chi connectivity index (χ1) is 8.74. The van der Waals surface area contributed by atoms with E-state index in [-0.39, 0.29) is 12.5 Å². The monoisotopic (exact) mass is 243 g/mol. The number of hydrogen-bond donors (Lipinski definition) is 1. The fraction of sp³-hybridized carbons (Fsp3) is 0.0769. The molecule has 5 heteroatoms. The van der Waals surface area contributed by atoms with Crippen LogP contribution in [0, 0.1) is 0 Å². The van der Waals surface area contributed by atoms with Crippen LogP contribution in [0.3, 0.4) is 0 Å². The van der Waals surface area contributed by atoms with E-state index < -0.39 is 5.97 Å². The lowest BCUT2D eigenvalue weighted by Gasteiger charge is -2.03. The van der Waals surface area contributed by atoms with Crippen molar-refractivity contribution in [3.05, 3.63) is 42.1 Å². The van der Waals surface area contributed by atoms with Gasteiger partial charge in [-0.25, -0.2) is 9.78 Å². The van der Waals surface area contributed by atoms with Gasteiger partial charge in [0.25, 0.3) is 0 Å². The van der Waals surface area contributed by atoms with Crippen LogP contribution in [0.15, 0.2) is 36.4 Å². The summed E-state index contributed by atoms with van der Waals surface area (Å²) in [5.41, 5.74) is 1.40. The summed E-state index contributed by atoms with van der Waals surface area (Å²) >= 11 is 0. The molecule has 1 aliphatic rings. The van der Waals surface area contributed by atoms with Gasteiger partial charge in [-0.05, 0) is 30.3 Å². The van der Waals surface area contributed by atoms with Gasteiger partial charge in [0.15, 0.2) is 11.5 Å². The molecule has 1 aliphatic heterocycles. The number of fused-ring (bicyclic) bond motifs is 1. The predicted molar refractivity (Wildman–Crippen MR) is 62.8 cm³/mol. The molecule has 3 rings (SSSR count). The smallest absolute Gasteiger partial charge is 0.354 e. The van der Waals surface area contributed by atoms with Crippen LogP contribution in [-0.2, 0) is 0 Å². The Balaban J connectivity index is 2.04. The maximum Gasteiger partial charge on any atom is 0.354 e. The third-order valence-corrected chi connectivity index (χ3v) is 2.64. The average Bonchev–Trinajstić information content (AvgIpc) is 2.86. The molecule has 0 spiro atoms. The third-order valence-electron chi connectivity index (χ3n) is 2.64. The summed E-state index contributed by atoms with van der Waals surface area (Å²) in [6.07, 6.45) is 0. The Bertz CT molecular complexity index is 624. The molecule has 0 saturated carbocycles. The lowest BCUT2D eigenvalue weighted by atomic mass is 10.1. The topological polar surface area (TPSA) is 68.7 Å². The number of rotatable bonds is 2. The van der Waals surface area contributed by atoms with E-state index in [1.807, 2.05) is 6.07 Å². The summed E-state index contributed by atoms with van der Waals surface area (Å²) in [4.78, 5) is 14.9. The van der Waals surface area contributed by atoms with Crippen molar-refractivity contribution in [2.75, 3.05) is 6.79 Å². The fourth-order valence-corrected chi connectivity index (χ4v) is 1.77. The lowest BCUT2D eigenvalue weighted by molar-refractivity contribution is 0.0690. The molecule has 1 N–H and O–H groups in total. The molecule has 90 valence electrons. The number of pyridine rings is 1. The summed E-state index contributed by atoms with van der Waals surface area (Å²) in [6.45, 7) is 0.210. The second-order valence-corrected chi connectivity index (χ2v) is 3.78. The molecule has 5 nitrogen and oxygen atoms in total. The number of aromatic nitrogens is 1. The summed E-state index contributed by atoms with van der Waals surface area (Å²) in [6, 6.07) is 10.3. The van der Waals surface area contributed by atoms with Crippen molar-refractivity contribution < 1.29 is 19.4 Å². The lowest BCUT2D eigenvalue weighted by Crippen LogP contribution is -2.00. The highest BCUT2D eigenvalue weighted by Gasteiger charge is 2.14. The standard InChI is InChI=1S/C13H9NO4/c15-13(16)10-3-1-2-9(14-10)8-4-5-11-12(6-8)18-7-17-11/h1-6H,7H2,(H,15,16). The molecule has 0 fully saturated rings. The Hall–Kier alpha value is -2.56. The van der Waals surface area contributed by atoms with Crippen molar-refractivity contribution in [3.63, 3.8) is 0 Å². The first kappa shape index (κ1) is 10.6. The zero-order valence-corrected chi connectivity index (χ0v) is 9.29. The second-order valence-electron chi connectivity index (χ2n) is 3.78. The van der Waals surface area contributed by atoms with E-state index in [4.69, 9.17) is 14.6 Å². The van der Waals surface area contributed by atoms with Crippen molar-refractivity contribution in [1.29, 1.82) is 0 Å². The van der Waals surface area contributed by atoms with Crippen LogP contribution < -0.4 is 9.47 Å². The summed E-state index contributed by atoms with van der Waals surface area (Å²) in [7, 11) is 0. The Labute approximate surface area is 103 Å². The van der Waals surface area contributed by atoms with E-state index in [0.717, 1.165) is 5.56 Å². The highest BCUT2D eigenvalue weighted by Crippen LogP contribution is 2.35. The van der Waals surface area contributed by atoms with Gasteiger partial charge in [-0.1, -0.05) is 6.07 Å². The molecule has 18 heavy (non-hydrogen) atoms. The molecule has 0 saturated heterocycles. The first-order valence-corrected chi connectivity index (χ1v) is 5.34. The van der Waals surface area contributed by atoms with Gasteiger partial charge >= 0.3 is 5.97 Å². The van der Waals surface area contributed by atoms with Crippen molar-refractivity contribution in [3.8, 4) is 22.8 Å². The molecule has 2 heterocycles. The molecule has 0 radical (unpaired) electrons. The molecule has 0 amide bonds. The average molecular weight is 243 g/mol. The Morgan fingerprint density at radius 2 is 2.00 bits per heavy atom. The number of benzene rings is 1. The highest BCUT2D eigenvalue weighted by atomic mass is 16.7. The molecule has 0 unspecified atom stereocenters. The van der Waals surface area contributed by atoms with Crippen LogP contribution in [0.5, 0.6) is 11.5 Å². The highest BCUT2D eigenvalue weighted by molar-refractivity contribution is 5.86. The number of aromatic carboxylic acids is 1. The summed E-state index contributed by atoms with van der Waals surface area (Å²) in [5.74, 6) is 0.292. The van der Waals surface area contributed by atoms with Crippen LogP contribution in [0.2, 0.25) is 0 Å². The molecule has 0 atom stereocenters. The molecule has 0 aliphatic carbocycles. The largest absolute Gasteiger partial charge is 0.477 e. The predicted octanol–water partition coefficient (Wildman–Crippen LogP) is 2.18. The van der Waals surface area contributed by atoms with Crippen molar-refractivity contribution in [2.24, 2.45) is 0 Å². The van der Waals surface area contributed by atoms with Crippen LogP contribution in [0.4, 0.5) is 0 Å². The zero-order valence-electron chi connectivity index (χ0n) is 9.29. The molecule has 1 aromatic carbocycles. The van der Waals surface area contributed by atoms with Gasteiger partial charge in [0.1, 0.15) is 5.69 Å². The summed E-state index contributed by atoms with van der Waals surface area (Å²) in [5, 5.41) is 8.90. The Kier molecular flexibility index (Phi) is 2.37. The zero-order chi connectivity index (χ0) is 12.5. The van der Waals surface area contributed by atoms with Crippen molar-refractivity contribution >= 4 is 5.97 Å². The summed E-state index contributed by atoms with van der Waals surface area (Å²) < 4.78 is 10.5. The maximum absolute atomic E-state index is 10.9. The van der Waals surface area contributed by atoms with Crippen LogP contribution in [0.1, 0.15) is 10.5 Å². The van der Waals surface area contributed by atoms with Gasteiger partial charge in [-0.2, -0.15) is 0 Å². The number of ether oxygens (including phenoxy) is 2. The molecular formula is C13H9NO4. The van der Waals surface area contributed by atoms with Crippen LogP contribution in [0.25, 0.3) is 11.3 Å². The third kappa shape index (κ3) is 1.75. The van der Waals surface area contributed by atoms with E-state index in [9.17, 15) is 4.79 Å². The van der Waals surface area contributed by atoms with Crippen LogP contribution in [-0.4, -0.2) is 22.9 Å². The minimum Gasteiger partial charge on any atom is -0.477 e. The van der Waals surface area contributed by atoms with Gasteiger partial charge in [-0.15, -0.1) is 0 Å². The van der Waals surface area contributed by atoms with Crippen molar-refractivity contribution in [2.45, 2.75) is 0 Å². The molecule has 0 bridgehead atoms. The minimum absolute atomic E-state index is 0.0187. The van der Waals surface area contributed by atoms with Gasteiger partial charge in [0, 0.05) is 5.56 Å². The Morgan fingerprint density at radius 3 is 2.83 bits per heavy atom. The van der Waals surface area contributed by atoms with Gasteiger partial charge in [-0.3, -0.25) is 0 Å². The Morgan fingerprint density at radius 1 is 1.17 bits per heavy atom. The van der Waals surface area contributed by atoms with E-state index in [0.29, 0.717) is 17.2 Å². The number of nitrogens with zero attached hydrogens (tertiary/aromatic N) is 1. The van der Waals surface area contributed by atoms with Gasteiger partial charge in [0.05, 0.1) is 5.69 Å². The maximum atomic E-state index is 10.9. The number of hydrogen-bond acceptors (Lipinski definition) is 4. The normalized spacial score (nSPS) is 12.4. The SMILES string of the molecule is O=C(O)c1cccc(-c2ccc3c(c2)OCO3)n1. The van der Waals surface area contributed by atoms with Crippen LogP contribution >= 0.6 is 0 Å². The van der Waals surface area contributed by atoms with E-state index in [2.05, 4.69) is 4.98 Å². The van der Waals surface area contributed by atoms with E-state index in [1.54, 1.807) is 24.3 Å². The minimum atomic E-state index is -1.04. The van der Waals surface area contributed by atoms with Gasteiger partial charge in [0.2, 0.25) is 6.79 Å². The fourth-order valence-electron chi connectivity index (χ4n) is 1.77.